The highest BCUT2D eigenvalue weighted by molar-refractivity contribution is 7.89. The Morgan fingerprint density at radius 1 is 1.14 bits per heavy atom. The lowest BCUT2D eigenvalue weighted by atomic mass is 10.2. The van der Waals surface area contributed by atoms with Crippen molar-refractivity contribution in [3.8, 4) is 5.75 Å². The Kier molecular flexibility index (Phi) is 7.15. The Hall–Kier alpha value is -2.45. The van der Waals surface area contributed by atoms with Crippen LogP contribution in [0, 0.1) is 5.82 Å². The molecule has 0 radical (unpaired) electrons. The molecule has 0 saturated heterocycles. The number of ether oxygens (including phenoxy) is 1. The second-order valence-electron chi connectivity index (χ2n) is 6.35. The monoisotopic (exact) mass is 408 g/mol. The van der Waals surface area contributed by atoms with Crippen LogP contribution in [-0.2, 0) is 10.0 Å². The van der Waals surface area contributed by atoms with Gasteiger partial charge in [-0.25, -0.2) is 12.8 Å². The van der Waals surface area contributed by atoms with E-state index in [1.165, 1.54) is 40.7 Å². The first-order chi connectivity index (χ1) is 13.2. The maximum atomic E-state index is 13.9. The number of anilines is 1. The molecule has 8 heteroatoms. The summed E-state index contributed by atoms with van der Waals surface area (Å²) in [7, 11) is -3.73. The Labute approximate surface area is 165 Å². The first-order valence-electron chi connectivity index (χ1n) is 9.07. The summed E-state index contributed by atoms with van der Waals surface area (Å²) in [5.74, 6) is -1.06. The van der Waals surface area contributed by atoms with E-state index in [2.05, 4.69) is 5.32 Å². The second kappa shape index (κ2) is 9.16. The number of amides is 1. The van der Waals surface area contributed by atoms with E-state index in [1.807, 2.05) is 13.8 Å². The molecule has 2 aromatic carbocycles. The van der Waals surface area contributed by atoms with Gasteiger partial charge in [-0.3, -0.25) is 4.79 Å². The number of hydrogen-bond donors (Lipinski definition) is 1. The standard InChI is InChI=1S/C20H25FN2O4S/c1-5-23(6-2)28(25,26)15-11-12-19(27-14(3)4)18(13-15)22-20(24)16-9-7-8-10-17(16)21/h7-14H,5-6H2,1-4H3,(H,22,24). The first kappa shape index (κ1) is 21.8. The van der Waals surface area contributed by atoms with Gasteiger partial charge in [-0.05, 0) is 44.2 Å². The summed E-state index contributed by atoms with van der Waals surface area (Å²) >= 11 is 0. The highest BCUT2D eigenvalue weighted by atomic mass is 32.2. The molecule has 28 heavy (non-hydrogen) atoms. The molecule has 1 amide bonds. The summed E-state index contributed by atoms with van der Waals surface area (Å²) in [5.41, 5.74) is 0.0187. The van der Waals surface area contributed by atoms with E-state index in [4.69, 9.17) is 4.74 Å². The van der Waals surface area contributed by atoms with Crippen LogP contribution in [0.4, 0.5) is 10.1 Å². The number of sulfonamides is 1. The molecule has 0 atom stereocenters. The minimum atomic E-state index is -3.73. The lowest BCUT2D eigenvalue weighted by molar-refractivity contribution is 0.102. The van der Waals surface area contributed by atoms with E-state index >= 15 is 0 Å². The molecule has 0 aliphatic carbocycles. The highest BCUT2D eigenvalue weighted by Crippen LogP contribution is 2.30. The quantitative estimate of drug-likeness (QED) is 0.719. The van der Waals surface area contributed by atoms with Gasteiger partial charge in [0.2, 0.25) is 10.0 Å². The maximum Gasteiger partial charge on any atom is 0.258 e. The van der Waals surface area contributed by atoms with Crippen molar-refractivity contribution < 1.29 is 22.3 Å². The largest absolute Gasteiger partial charge is 0.489 e. The van der Waals surface area contributed by atoms with Gasteiger partial charge in [0, 0.05) is 13.1 Å². The van der Waals surface area contributed by atoms with Gasteiger partial charge in [0.25, 0.3) is 5.91 Å². The molecule has 0 aliphatic heterocycles. The Bertz CT molecular complexity index is 941. The molecule has 6 nitrogen and oxygen atoms in total. The molecule has 0 bridgehead atoms. The van der Waals surface area contributed by atoms with Gasteiger partial charge in [0.05, 0.1) is 22.3 Å². The van der Waals surface area contributed by atoms with Crippen molar-refractivity contribution in [1.29, 1.82) is 0 Å². The highest BCUT2D eigenvalue weighted by Gasteiger charge is 2.24. The third-order valence-electron chi connectivity index (χ3n) is 4.02. The van der Waals surface area contributed by atoms with Gasteiger partial charge >= 0.3 is 0 Å². The minimum absolute atomic E-state index is 0.0242. The number of hydrogen-bond acceptors (Lipinski definition) is 4. The summed E-state index contributed by atoms with van der Waals surface area (Å²) in [6.07, 6.45) is -0.200. The smallest absolute Gasteiger partial charge is 0.258 e. The molecule has 1 N–H and O–H groups in total. The predicted molar refractivity (Wildman–Crippen MR) is 107 cm³/mol. The van der Waals surface area contributed by atoms with E-state index in [-0.39, 0.29) is 22.3 Å². The lowest BCUT2D eigenvalue weighted by Crippen LogP contribution is -2.30. The molecule has 0 unspecified atom stereocenters. The summed E-state index contributed by atoms with van der Waals surface area (Å²) in [6.45, 7) is 7.75. The van der Waals surface area contributed by atoms with Gasteiger partial charge in [0.1, 0.15) is 11.6 Å². The van der Waals surface area contributed by atoms with E-state index in [1.54, 1.807) is 19.9 Å². The first-order valence-corrected chi connectivity index (χ1v) is 10.5. The topological polar surface area (TPSA) is 75.7 Å². The molecule has 152 valence electrons. The van der Waals surface area contributed by atoms with Crippen molar-refractivity contribution in [2.75, 3.05) is 18.4 Å². The number of nitrogens with zero attached hydrogens (tertiary/aromatic N) is 1. The number of rotatable bonds is 8. The van der Waals surface area contributed by atoms with Crippen LogP contribution in [0.25, 0.3) is 0 Å². The van der Waals surface area contributed by atoms with E-state index < -0.39 is 21.7 Å². The van der Waals surface area contributed by atoms with Gasteiger partial charge < -0.3 is 10.1 Å². The van der Waals surface area contributed by atoms with Gasteiger partial charge in [0.15, 0.2) is 0 Å². The maximum absolute atomic E-state index is 13.9. The summed E-state index contributed by atoms with van der Waals surface area (Å²) in [4.78, 5) is 12.5. The number of carbonyl (C=O) groups is 1. The molecule has 0 fully saturated rings. The average Bonchev–Trinajstić information content (AvgIpc) is 2.63. The van der Waals surface area contributed by atoms with Crippen molar-refractivity contribution in [3.63, 3.8) is 0 Å². The number of carbonyl (C=O) groups excluding carboxylic acids is 1. The fourth-order valence-electron chi connectivity index (χ4n) is 2.67. The molecule has 2 rings (SSSR count). The van der Waals surface area contributed by atoms with Crippen molar-refractivity contribution >= 4 is 21.6 Å². The number of nitrogens with one attached hydrogen (secondary N) is 1. The van der Waals surface area contributed by atoms with Crippen molar-refractivity contribution in [1.82, 2.24) is 4.31 Å². The zero-order valence-electron chi connectivity index (χ0n) is 16.4. The molecule has 0 aliphatic rings. The molecular formula is C20H25FN2O4S. The molecule has 2 aromatic rings. The van der Waals surface area contributed by atoms with Crippen LogP contribution in [0.3, 0.4) is 0 Å². The minimum Gasteiger partial charge on any atom is -0.489 e. The zero-order valence-corrected chi connectivity index (χ0v) is 17.2. The normalized spacial score (nSPS) is 11.7. The average molecular weight is 408 g/mol. The Morgan fingerprint density at radius 2 is 1.79 bits per heavy atom. The third-order valence-corrected chi connectivity index (χ3v) is 6.07. The van der Waals surface area contributed by atoms with Crippen LogP contribution < -0.4 is 10.1 Å². The molecular weight excluding hydrogens is 383 g/mol. The van der Waals surface area contributed by atoms with E-state index in [0.717, 1.165) is 0 Å². The molecule has 0 saturated carbocycles. The SMILES string of the molecule is CCN(CC)S(=O)(=O)c1ccc(OC(C)C)c(NC(=O)c2ccccc2F)c1. The third kappa shape index (κ3) is 4.88. The number of halogens is 1. The van der Waals surface area contributed by atoms with Gasteiger partial charge in [-0.2, -0.15) is 4.31 Å². The summed E-state index contributed by atoms with van der Waals surface area (Å²) in [6, 6.07) is 9.83. The fourth-order valence-corrected chi connectivity index (χ4v) is 4.16. The van der Waals surface area contributed by atoms with Crippen molar-refractivity contribution in [3.05, 3.63) is 53.8 Å². The Morgan fingerprint density at radius 3 is 2.36 bits per heavy atom. The van der Waals surface area contributed by atoms with E-state index in [0.29, 0.717) is 18.8 Å². The molecule has 0 aromatic heterocycles. The van der Waals surface area contributed by atoms with Gasteiger partial charge in [-0.1, -0.05) is 26.0 Å². The van der Waals surface area contributed by atoms with Crippen molar-refractivity contribution in [2.45, 2.75) is 38.7 Å². The number of benzene rings is 2. The fraction of sp³-hybridized carbons (Fsp3) is 0.350. The summed E-state index contributed by atoms with van der Waals surface area (Å²) < 4.78 is 46.5. The van der Waals surface area contributed by atoms with Crippen LogP contribution in [0.2, 0.25) is 0 Å². The van der Waals surface area contributed by atoms with Crippen LogP contribution in [0.1, 0.15) is 38.1 Å². The summed E-state index contributed by atoms with van der Waals surface area (Å²) in [5, 5.41) is 2.57. The van der Waals surface area contributed by atoms with Crippen molar-refractivity contribution in [2.24, 2.45) is 0 Å². The van der Waals surface area contributed by atoms with Crippen LogP contribution >= 0.6 is 0 Å². The predicted octanol–water partition coefficient (Wildman–Crippen LogP) is 3.90. The van der Waals surface area contributed by atoms with Gasteiger partial charge in [-0.15, -0.1) is 0 Å². The Balaban J connectivity index is 2.47. The van der Waals surface area contributed by atoms with Crippen LogP contribution in [0.5, 0.6) is 5.75 Å². The van der Waals surface area contributed by atoms with Crippen LogP contribution in [0.15, 0.2) is 47.4 Å². The zero-order chi connectivity index (χ0) is 20.9. The molecule has 0 heterocycles. The molecule has 0 spiro atoms. The second-order valence-corrected chi connectivity index (χ2v) is 8.29. The van der Waals surface area contributed by atoms with Crippen LogP contribution in [-0.4, -0.2) is 37.8 Å². The lowest BCUT2D eigenvalue weighted by Gasteiger charge is -2.20. The van der Waals surface area contributed by atoms with E-state index in [9.17, 15) is 17.6 Å².